The normalized spacial score (nSPS) is 25.5. The smallest absolute Gasteiger partial charge is 0.303 e. The van der Waals surface area contributed by atoms with Crippen LogP contribution in [0.3, 0.4) is 0 Å². The van der Waals surface area contributed by atoms with Gasteiger partial charge in [-0.2, -0.15) is 0 Å². The van der Waals surface area contributed by atoms with E-state index in [0.29, 0.717) is 5.92 Å². The highest BCUT2D eigenvalue weighted by Gasteiger charge is 2.43. The van der Waals surface area contributed by atoms with E-state index in [1.807, 2.05) is 13.8 Å². The van der Waals surface area contributed by atoms with Gasteiger partial charge in [0.2, 0.25) is 0 Å². The molecule has 0 amide bonds. The van der Waals surface area contributed by atoms with Crippen LogP contribution in [0.25, 0.3) is 0 Å². The van der Waals surface area contributed by atoms with E-state index < -0.39 is 5.97 Å². The summed E-state index contributed by atoms with van der Waals surface area (Å²) in [6.07, 6.45) is 4.08. The molecule has 1 aromatic rings. The predicted molar refractivity (Wildman–Crippen MR) is 88.3 cm³/mol. The van der Waals surface area contributed by atoms with Crippen molar-refractivity contribution in [3.8, 4) is 17.2 Å². The average Bonchev–Trinajstić information content (AvgIpc) is 3.18. The second kappa shape index (κ2) is 5.57. The number of methoxy groups -OCH3 is 1. The van der Waals surface area contributed by atoms with E-state index in [1.54, 1.807) is 7.11 Å². The van der Waals surface area contributed by atoms with Crippen molar-refractivity contribution >= 4 is 5.97 Å². The third-order valence-electron chi connectivity index (χ3n) is 5.38. The van der Waals surface area contributed by atoms with E-state index in [4.69, 9.17) is 14.2 Å². The van der Waals surface area contributed by atoms with Gasteiger partial charge in [-0.15, -0.1) is 0 Å². The highest BCUT2D eigenvalue weighted by atomic mass is 16.5. The topological polar surface area (TPSA) is 65.0 Å². The van der Waals surface area contributed by atoms with Crippen LogP contribution in [-0.2, 0) is 17.6 Å². The third-order valence-corrected chi connectivity index (χ3v) is 5.38. The lowest BCUT2D eigenvalue weighted by Crippen LogP contribution is -2.13. The summed E-state index contributed by atoms with van der Waals surface area (Å²) in [4.78, 5) is 11.5. The van der Waals surface area contributed by atoms with E-state index >= 15 is 0 Å². The minimum Gasteiger partial charge on any atom is -0.492 e. The fourth-order valence-electron chi connectivity index (χ4n) is 4.31. The third kappa shape index (κ3) is 2.41. The van der Waals surface area contributed by atoms with Crippen molar-refractivity contribution in [2.75, 3.05) is 7.11 Å². The monoisotopic (exact) mass is 332 g/mol. The number of fused-ring (bicyclic) bond motifs is 2. The lowest BCUT2D eigenvalue weighted by atomic mass is 9.84. The minimum absolute atomic E-state index is 0.00936. The van der Waals surface area contributed by atoms with Crippen molar-refractivity contribution in [2.24, 2.45) is 5.92 Å². The van der Waals surface area contributed by atoms with Gasteiger partial charge in [0.15, 0.2) is 11.5 Å². The molecule has 1 aromatic carbocycles. The average molecular weight is 332 g/mol. The van der Waals surface area contributed by atoms with Crippen LogP contribution in [0.5, 0.6) is 17.2 Å². The molecule has 24 heavy (non-hydrogen) atoms. The van der Waals surface area contributed by atoms with E-state index in [2.05, 4.69) is 0 Å². The standard InChI is InChI=1S/C19H24O5/c1-9-6-13-16(12(8-15(20)21)11-4-5-11)17-14(7-10(2)23-17)18(22-3)19(13)24-9/h9-12H,4-8H2,1-3H3,(H,20,21). The van der Waals surface area contributed by atoms with Crippen LogP contribution in [0, 0.1) is 5.92 Å². The fourth-order valence-corrected chi connectivity index (χ4v) is 4.31. The summed E-state index contributed by atoms with van der Waals surface area (Å²) in [5.41, 5.74) is 3.23. The number of rotatable bonds is 5. The summed E-state index contributed by atoms with van der Waals surface area (Å²) < 4.78 is 17.9. The van der Waals surface area contributed by atoms with Gasteiger partial charge >= 0.3 is 5.97 Å². The zero-order valence-electron chi connectivity index (χ0n) is 14.4. The number of carboxylic acids is 1. The number of hydrogen-bond donors (Lipinski definition) is 1. The Morgan fingerprint density at radius 1 is 1.17 bits per heavy atom. The van der Waals surface area contributed by atoms with Crippen LogP contribution in [0.15, 0.2) is 0 Å². The van der Waals surface area contributed by atoms with Crippen molar-refractivity contribution in [2.45, 2.75) is 64.1 Å². The lowest BCUT2D eigenvalue weighted by molar-refractivity contribution is -0.137. The molecule has 3 atom stereocenters. The summed E-state index contributed by atoms with van der Waals surface area (Å²) in [5.74, 6) is 2.17. The summed E-state index contributed by atoms with van der Waals surface area (Å²) in [5, 5.41) is 9.43. The second-order valence-electron chi connectivity index (χ2n) is 7.37. The first kappa shape index (κ1) is 15.6. The number of benzene rings is 1. The highest BCUT2D eigenvalue weighted by Crippen LogP contribution is 2.57. The molecule has 1 aliphatic carbocycles. The Hall–Kier alpha value is -1.91. The van der Waals surface area contributed by atoms with Gasteiger partial charge in [0, 0.05) is 35.4 Å². The van der Waals surface area contributed by atoms with Crippen LogP contribution in [0.2, 0.25) is 0 Å². The summed E-state index contributed by atoms with van der Waals surface area (Å²) in [6.45, 7) is 4.09. The Balaban J connectivity index is 1.91. The largest absolute Gasteiger partial charge is 0.492 e. The fraction of sp³-hybridized carbons (Fsp3) is 0.632. The van der Waals surface area contributed by atoms with E-state index in [9.17, 15) is 9.90 Å². The molecule has 0 saturated heterocycles. The van der Waals surface area contributed by atoms with Gasteiger partial charge in [0.05, 0.1) is 13.5 Å². The molecule has 5 heteroatoms. The number of carbonyl (C=O) groups is 1. The van der Waals surface area contributed by atoms with Crippen molar-refractivity contribution in [1.82, 2.24) is 0 Å². The van der Waals surface area contributed by atoms with Gasteiger partial charge < -0.3 is 19.3 Å². The quantitative estimate of drug-likeness (QED) is 0.896. The van der Waals surface area contributed by atoms with E-state index in [-0.39, 0.29) is 24.5 Å². The number of hydrogen-bond acceptors (Lipinski definition) is 4. The molecule has 2 heterocycles. The first-order valence-electron chi connectivity index (χ1n) is 8.80. The zero-order valence-corrected chi connectivity index (χ0v) is 14.4. The van der Waals surface area contributed by atoms with E-state index in [0.717, 1.165) is 59.6 Å². The molecule has 5 nitrogen and oxygen atoms in total. The number of carboxylic acid groups (broad SMARTS) is 1. The minimum atomic E-state index is -0.747. The summed E-state index contributed by atoms with van der Waals surface area (Å²) in [7, 11) is 1.67. The van der Waals surface area contributed by atoms with E-state index in [1.165, 1.54) is 0 Å². The number of aliphatic carboxylic acids is 1. The molecule has 1 fully saturated rings. The molecular formula is C19H24O5. The van der Waals surface area contributed by atoms with Gasteiger partial charge in [-0.25, -0.2) is 0 Å². The SMILES string of the molecule is COc1c2c(c(C(CC(=O)O)C3CC3)c3c1OC(C)C3)OC(C)C2. The Labute approximate surface area is 141 Å². The highest BCUT2D eigenvalue weighted by molar-refractivity contribution is 5.72. The van der Waals surface area contributed by atoms with Crippen LogP contribution >= 0.6 is 0 Å². The molecule has 0 aromatic heterocycles. The molecule has 0 spiro atoms. The second-order valence-corrected chi connectivity index (χ2v) is 7.37. The summed E-state index contributed by atoms with van der Waals surface area (Å²) in [6, 6.07) is 0. The molecule has 130 valence electrons. The first-order chi connectivity index (χ1) is 11.5. The molecule has 3 aliphatic rings. The molecule has 0 radical (unpaired) electrons. The maximum absolute atomic E-state index is 11.5. The molecule has 2 aliphatic heterocycles. The first-order valence-corrected chi connectivity index (χ1v) is 8.80. The molecule has 1 N–H and O–H groups in total. The van der Waals surface area contributed by atoms with Gasteiger partial charge in [-0.05, 0) is 32.6 Å². The Morgan fingerprint density at radius 2 is 1.79 bits per heavy atom. The van der Waals surface area contributed by atoms with Crippen molar-refractivity contribution in [1.29, 1.82) is 0 Å². The van der Waals surface area contributed by atoms with Gasteiger partial charge in [-0.3, -0.25) is 4.79 Å². The van der Waals surface area contributed by atoms with Crippen molar-refractivity contribution in [3.05, 3.63) is 16.7 Å². The maximum Gasteiger partial charge on any atom is 0.303 e. The molecule has 3 unspecified atom stereocenters. The number of ether oxygens (including phenoxy) is 3. The van der Waals surface area contributed by atoms with Crippen molar-refractivity contribution < 1.29 is 24.1 Å². The van der Waals surface area contributed by atoms with Gasteiger partial charge in [0.25, 0.3) is 0 Å². The Bertz CT molecular complexity index is 652. The Kier molecular flexibility index (Phi) is 3.62. The zero-order chi connectivity index (χ0) is 17.0. The van der Waals surface area contributed by atoms with Gasteiger partial charge in [0.1, 0.15) is 18.0 Å². The molecule has 0 bridgehead atoms. The van der Waals surface area contributed by atoms with Crippen LogP contribution in [0.1, 0.15) is 55.7 Å². The van der Waals surface area contributed by atoms with Crippen LogP contribution in [0.4, 0.5) is 0 Å². The van der Waals surface area contributed by atoms with Gasteiger partial charge in [-0.1, -0.05) is 0 Å². The van der Waals surface area contributed by atoms with Crippen LogP contribution < -0.4 is 14.2 Å². The predicted octanol–water partition coefficient (Wildman–Crippen LogP) is 3.31. The molecular weight excluding hydrogens is 308 g/mol. The lowest BCUT2D eigenvalue weighted by Gasteiger charge is -2.23. The molecule has 4 rings (SSSR count). The maximum atomic E-state index is 11.5. The van der Waals surface area contributed by atoms with Crippen LogP contribution in [-0.4, -0.2) is 30.4 Å². The Morgan fingerprint density at radius 3 is 2.38 bits per heavy atom. The summed E-state index contributed by atoms with van der Waals surface area (Å²) >= 11 is 0. The molecule has 1 saturated carbocycles. The van der Waals surface area contributed by atoms with Crippen molar-refractivity contribution in [3.63, 3.8) is 0 Å².